The van der Waals surface area contributed by atoms with Crippen LogP contribution in [0.25, 0.3) is 0 Å². The lowest BCUT2D eigenvalue weighted by atomic mass is 10.0. The summed E-state index contributed by atoms with van der Waals surface area (Å²) in [5.41, 5.74) is 0. The first-order valence-electron chi connectivity index (χ1n) is 6.31. The van der Waals surface area contributed by atoms with E-state index in [2.05, 4.69) is 0 Å². The highest BCUT2D eigenvalue weighted by molar-refractivity contribution is 5.84. The van der Waals surface area contributed by atoms with Crippen LogP contribution < -0.4 is 0 Å². The third-order valence-corrected chi connectivity index (χ3v) is 2.81. The van der Waals surface area contributed by atoms with Gasteiger partial charge in [-0.2, -0.15) is 0 Å². The molecule has 0 heterocycles. The molecule has 0 radical (unpaired) electrons. The molecule has 7 nitrogen and oxygen atoms in total. The zero-order chi connectivity index (χ0) is 15.1. The molecule has 7 heteroatoms. The average molecular weight is 278 g/mol. The normalized spacial score (nSPS) is 17.3. The minimum Gasteiger partial charge on any atom is -0.479 e. The fraction of sp³-hybridized carbons (Fsp3) is 0.833. The fourth-order valence-electron chi connectivity index (χ4n) is 1.46. The number of aliphatic hydroxyl groups excluding tert-OH is 2. The highest BCUT2D eigenvalue weighted by Crippen LogP contribution is 2.21. The van der Waals surface area contributed by atoms with E-state index in [1.54, 1.807) is 6.92 Å². The Morgan fingerprint density at radius 3 is 2.16 bits per heavy atom. The second kappa shape index (κ2) is 8.08. The summed E-state index contributed by atoms with van der Waals surface area (Å²) in [5, 5.41) is 36.7. The zero-order valence-electron chi connectivity index (χ0n) is 11.2. The number of hydrogen-bond donors (Lipinski definition) is 4. The summed E-state index contributed by atoms with van der Waals surface area (Å²) < 4.78 is 4.71. The molecule has 0 aromatic heterocycles. The molecule has 3 atom stereocenters. The predicted octanol–water partition coefficient (Wildman–Crippen LogP) is 0.0149. The first kappa shape index (κ1) is 17.8. The third kappa shape index (κ3) is 6.00. The van der Waals surface area contributed by atoms with Crippen LogP contribution in [0.1, 0.15) is 46.0 Å². The van der Waals surface area contributed by atoms with Gasteiger partial charge in [0.15, 0.2) is 12.2 Å². The quantitative estimate of drug-likeness (QED) is 0.266. The largest absolute Gasteiger partial charge is 0.479 e. The maximum absolute atomic E-state index is 11.4. The second-order valence-corrected chi connectivity index (χ2v) is 4.41. The Morgan fingerprint density at radius 2 is 1.74 bits per heavy atom. The van der Waals surface area contributed by atoms with E-state index in [0.717, 1.165) is 12.8 Å². The van der Waals surface area contributed by atoms with Crippen molar-refractivity contribution in [3.8, 4) is 0 Å². The molecule has 0 bridgehead atoms. The van der Waals surface area contributed by atoms with Crippen LogP contribution >= 0.6 is 0 Å². The fourth-order valence-corrected chi connectivity index (χ4v) is 1.46. The van der Waals surface area contributed by atoms with Crippen molar-refractivity contribution < 1.29 is 34.8 Å². The maximum atomic E-state index is 11.4. The van der Waals surface area contributed by atoms with Gasteiger partial charge in [-0.15, -0.1) is 0 Å². The Morgan fingerprint density at radius 1 is 1.16 bits per heavy atom. The average Bonchev–Trinajstić information content (AvgIpc) is 2.37. The molecule has 0 aromatic carbocycles. The molecular weight excluding hydrogens is 256 g/mol. The van der Waals surface area contributed by atoms with E-state index in [1.165, 1.54) is 0 Å². The van der Waals surface area contributed by atoms with Gasteiger partial charge >= 0.3 is 11.9 Å². The van der Waals surface area contributed by atoms with Crippen molar-refractivity contribution in [3.63, 3.8) is 0 Å². The number of aliphatic carboxylic acids is 1. The van der Waals surface area contributed by atoms with Crippen LogP contribution in [0.3, 0.4) is 0 Å². The molecule has 0 spiro atoms. The van der Waals surface area contributed by atoms with Gasteiger partial charge in [0.2, 0.25) is 5.79 Å². The number of ether oxygens (including phenoxy) is 1. The van der Waals surface area contributed by atoms with Crippen molar-refractivity contribution in [1.82, 2.24) is 0 Å². The number of carboxylic acids is 1. The minimum atomic E-state index is -2.27. The van der Waals surface area contributed by atoms with Crippen LogP contribution in [-0.4, -0.2) is 50.4 Å². The van der Waals surface area contributed by atoms with Crippen LogP contribution in [-0.2, 0) is 14.3 Å². The van der Waals surface area contributed by atoms with Crippen LogP contribution in [0.15, 0.2) is 0 Å². The molecule has 0 saturated heterocycles. The molecule has 0 amide bonds. The first-order valence-corrected chi connectivity index (χ1v) is 6.31. The summed E-state index contributed by atoms with van der Waals surface area (Å²) in [6.07, 6.45) is -1.79. The van der Waals surface area contributed by atoms with Gasteiger partial charge in [0.1, 0.15) is 0 Å². The summed E-state index contributed by atoms with van der Waals surface area (Å²) in [5.74, 6) is -4.84. The molecule has 112 valence electrons. The van der Waals surface area contributed by atoms with Gasteiger partial charge in [0, 0.05) is 12.8 Å². The van der Waals surface area contributed by atoms with Crippen molar-refractivity contribution in [1.29, 1.82) is 0 Å². The number of aliphatic hydroxyl groups is 3. The number of rotatable bonds is 9. The Balaban J connectivity index is 4.51. The van der Waals surface area contributed by atoms with E-state index in [0.29, 0.717) is 6.42 Å². The van der Waals surface area contributed by atoms with Crippen molar-refractivity contribution in [3.05, 3.63) is 0 Å². The van der Waals surface area contributed by atoms with Gasteiger partial charge in [-0.3, -0.25) is 0 Å². The Hall–Kier alpha value is -1.18. The third-order valence-electron chi connectivity index (χ3n) is 2.81. The molecule has 0 aliphatic carbocycles. The topological polar surface area (TPSA) is 124 Å². The molecule has 0 fully saturated rings. The van der Waals surface area contributed by atoms with E-state index in [1.807, 2.05) is 6.92 Å². The zero-order valence-corrected chi connectivity index (χ0v) is 11.2. The predicted molar refractivity (Wildman–Crippen MR) is 65.1 cm³/mol. The summed E-state index contributed by atoms with van der Waals surface area (Å²) in [7, 11) is 0. The molecule has 4 N–H and O–H groups in total. The molecule has 0 aliphatic heterocycles. The number of carbonyl (C=O) groups is 2. The minimum absolute atomic E-state index is 0.109. The SMILES string of the molecule is CCCCCC(O)(CC)OC(=O)C(O)C(O)C(=O)O. The number of esters is 1. The van der Waals surface area contributed by atoms with Gasteiger partial charge < -0.3 is 25.2 Å². The van der Waals surface area contributed by atoms with Gasteiger partial charge in [-0.1, -0.05) is 26.7 Å². The summed E-state index contributed by atoms with van der Waals surface area (Å²) in [6, 6.07) is 0. The molecule has 3 unspecified atom stereocenters. The molecular formula is C12H22O7. The number of unbranched alkanes of at least 4 members (excludes halogenated alkanes) is 2. The highest BCUT2D eigenvalue weighted by Gasteiger charge is 2.37. The lowest BCUT2D eigenvalue weighted by Crippen LogP contribution is -2.45. The lowest BCUT2D eigenvalue weighted by molar-refractivity contribution is -0.225. The van der Waals surface area contributed by atoms with Gasteiger partial charge in [0.25, 0.3) is 0 Å². The molecule has 19 heavy (non-hydrogen) atoms. The van der Waals surface area contributed by atoms with Gasteiger partial charge in [0.05, 0.1) is 0 Å². The number of carbonyl (C=O) groups excluding carboxylic acids is 1. The van der Waals surface area contributed by atoms with Gasteiger partial charge in [-0.05, 0) is 6.42 Å². The monoisotopic (exact) mass is 278 g/mol. The Kier molecular flexibility index (Phi) is 7.58. The van der Waals surface area contributed by atoms with Crippen LogP contribution in [0.4, 0.5) is 0 Å². The number of hydrogen-bond acceptors (Lipinski definition) is 6. The van der Waals surface area contributed by atoms with E-state index in [9.17, 15) is 19.8 Å². The standard InChI is InChI=1S/C12H22O7/c1-3-5-6-7-12(18,4-2)19-11(17)9(14)8(13)10(15)16/h8-9,13-14,18H,3-7H2,1-2H3,(H,15,16). The van der Waals surface area contributed by atoms with Crippen LogP contribution in [0, 0.1) is 0 Å². The molecule has 0 aromatic rings. The molecule has 0 rings (SSSR count). The van der Waals surface area contributed by atoms with Crippen LogP contribution in [0.2, 0.25) is 0 Å². The van der Waals surface area contributed by atoms with E-state index >= 15 is 0 Å². The number of carboxylic acid groups (broad SMARTS) is 1. The molecule has 0 aliphatic rings. The summed E-state index contributed by atoms with van der Waals surface area (Å²) in [4.78, 5) is 21.9. The van der Waals surface area contributed by atoms with E-state index < -0.39 is 29.9 Å². The van der Waals surface area contributed by atoms with Crippen LogP contribution in [0.5, 0.6) is 0 Å². The summed E-state index contributed by atoms with van der Waals surface area (Å²) >= 11 is 0. The lowest BCUT2D eigenvalue weighted by Gasteiger charge is -2.28. The smallest absolute Gasteiger partial charge is 0.340 e. The van der Waals surface area contributed by atoms with Crippen molar-refractivity contribution in [2.75, 3.05) is 0 Å². The second-order valence-electron chi connectivity index (χ2n) is 4.41. The van der Waals surface area contributed by atoms with Crippen molar-refractivity contribution in [2.24, 2.45) is 0 Å². The van der Waals surface area contributed by atoms with E-state index in [-0.39, 0.29) is 12.8 Å². The maximum Gasteiger partial charge on any atom is 0.340 e. The summed E-state index contributed by atoms with van der Waals surface area (Å²) in [6.45, 7) is 3.57. The Bertz CT molecular complexity index is 304. The first-order chi connectivity index (χ1) is 8.77. The van der Waals surface area contributed by atoms with Crippen molar-refractivity contribution >= 4 is 11.9 Å². The Labute approximate surface area is 111 Å². The molecule has 0 saturated carbocycles. The van der Waals surface area contributed by atoms with Gasteiger partial charge in [-0.25, -0.2) is 9.59 Å². The highest BCUT2D eigenvalue weighted by atomic mass is 16.7. The van der Waals surface area contributed by atoms with Crippen molar-refractivity contribution in [2.45, 2.75) is 63.9 Å². The van der Waals surface area contributed by atoms with E-state index in [4.69, 9.17) is 14.9 Å².